The summed E-state index contributed by atoms with van der Waals surface area (Å²) in [5, 5.41) is 3.38. The lowest BCUT2D eigenvalue weighted by atomic mass is 9.97. The highest BCUT2D eigenvalue weighted by Gasteiger charge is 2.27. The summed E-state index contributed by atoms with van der Waals surface area (Å²) in [4.78, 5) is 18.4. The largest absolute Gasteiger partial charge is 0.489 e. The van der Waals surface area contributed by atoms with Gasteiger partial charge in [-0.2, -0.15) is 0 Å². The number of benzene rings is 1. The fourth-order valence-electron chi connectivity index (χ4n) is 3.10. The SMILES string of the molecule is CCOC(=O)C1CCN(C(=NC)NCC(C)Oc2ccccc2C)CC1.I. The van der Waals surface area contributed by atoms with Crippen LogP contribution in [0.5, 0.6) is 5.75 Å². The van der Waals surface area contributed by atoms with E-state index < -0.39 is 0 Å². The second kappa shape index (κ2) is 12.0. The molecule has 0 aromatic heterocycles. The van der Waals surface area contributed by atoms with E-state index >= 15 is 0 Å². The number of ether oxygens (including phenoxy) is 2. The van der Waals surface area contributed by atoms with Crippen LogP contribution in [0.1, 0.15) is 32.3 Å². The summed E-state index contributed by atoms with van der Waals surface area (Å²) in [6.45, 7) is 8.65. The van der Waals surface area contributed by atoms with Gasteiger partial charge in [0.1, 0.15) is 11.9 Å². The maximum absolute atomic E-state index is 11.9. The number of carbonyl (C=O) groups is 1. The van der Waals surface area contributed by atoms with Crippen molar-refractivity contribution < 1.29 is 14.3 Å². The van der Waals surface area contributed by atoms with E-state index in [1.54, 1.807) is 7.05 Å². The van der Waals surface area contributed by atoms with Crippen LogP contribution >= 0.6 is 24.0 Å². The first kappa shape index (κ1) is 23.5. The molecule has 1 heterocycles. The third-order valence-corrected chi connectivity index (χ3v) is 4.60. The van der Waals surface area contributed by atoms with E-state index in [9.17, 15) is 4.79 Å². The number of esters is 1. The smallest absolute Gasteiger partial charge is 0.309 e. The Bertz CT molecular complexity index is 616. The minimum atomic E-state index is -0.0738. The average Bonchev–Trinajstić information content (AvgIpc) is 2.65. The van der Waals surface area contributed by atoms with Crippen LogP contribution in [0.15, 0.2) is 29.3 Å². The Labute approximate surface area is 179 Å². The molecule has 2 rings (SSSR count). The van der Waals surface area contributed by atoms with Crippen molar-refractivity contribution in [3.05, 3.63) is 29.8 Å². The lowest BCUT2D eigenvalue weighted by Gasteiger charge is -2.33. The Kier molecular flexibility index (Phi) is 10.5. The zero-order valence-electron chi connectivity index (χ0n) is 16.7. The summed E-state index contributed by atoms with van der Waals surface area (Å²) in [6.07, 6.45) is 1.62. The van der Waals surface area contributed by atoms with Crippen molar-refractivity contribution in [3.8, 4) is 5.75 Å². The fourth-order valence-corrected chi connectivity index (χ4v) is 3.10. The summed E-state index contributed by atoms with van der Waals surface area (Å²) >= 11 is 0. The van der Waals surface area contributed by atoms with Crippen molar-refractivity contribution in [3.63, 3.8) is 0 Å². The molecular formula is C20H32IN3O3. The van der Waals surface area contributed by atoms with Gasteiger partial charge in [0, 0.05) is 20.1 Å². The number of guanidine groups is 1. The van der Waals surface area contributed by atoms with Gasteiger partial charge >= 0.3 is 5.97 Å². The number of carbonyl (C=O) groups excluding carboxylic acids is 1. The van der Waals surface area contributed by atoms with Crippen molar-refractivity contribution >= 4 is 35.9 Å². The zero-order valence-corrected chi connectivity index (χ0v) is 19.1. The molecule has 1 aliphatic rings. The lowest BCUT2D eigenvalue weighted by molar-refractivity contribution is -0.149. The number of para-hydroxylation sites is 1. The van der Waals surface area contributed by atoms with Crippen LogP contribution < -0.4 is 10.1 Å². The van der Waals surface area contributed by atoms with Gasteiger partial charge in [-0.05, 0) is 45.2 Å². The molecule has 0 saturated carbocycles. The van der Waals surface area contributed by atoms with Gasteiger partial charge in [-0.3, -0.25) is 9.79 Å². The quantitative estimate of drug-likeness (QED) is 0.288. The van der Waals surface area contributed by atoms with Crippen LogP contribution in [0, 0.1) is 12.8 Å². The molecule has 0 amide bonds. The van der Waals surface area contributed by atoms with E-state index in [0.29, 0.717) is 13.2 Å². The number of halogens is 1. The first-order chi connectivity index (χ1) is 12.5. The maximum atomic E-state index is 11.9. The summed E-state index contributed by atoms with van der Waals surface area (Å²) in [7, 11) is 1.78. The number of aliphatic imine (C=N–C) groups is 1. The summed E-state index contributed by atoms with van der Waals surface area (Å²) in [5.41, 5.74) is 1.13. The number of hydrogen-bond donors (Lipinski definition) is 1. The Balaban J connectivity index is 0.00000364. The monoisotopic (exact) mass is 489 g/mol. The molecular weight excluding hydrogens is 457 g/mol. The lowest BCUT2D eigenvalue weighted by Crippen LogP contribution is -2.48. The number of rotatable bonds is 6. The van der Waals surface area contributed by atoms with Crippen molar-refractivity contribution in [2.45, 2.75) is 39.7 Å². The molecule has 7 heteroatoms. The van der Waals surface area contributed by atoms with Gasteiger partial charge in [0.2, 0.25) is 0 Å². The number of nitrogens with one attached hydrogen (secondary N) is 1. The van der Waals surface area contributed by atoms with Crippen LogP contribution in [-0.2, 0) is 9.53 Å². The van der Waals surface area contributed by atoms with E-state index in [1.807, 2.05) is 45.0 Å². The van der Waals surface area contributed by atoms with Gasteiger partial charge in [-0.25, -0.2) is 0 Å². The molecule has 1 unspecified atom stereocenters. The van der Waals surface area contributed by atoms with E-state index in [1.165, 1.54) is 0 Å². The van der Waals surface area contributed by atoms with Crippen LogP contribution in [0.2, 0.25) is 0 Å². The fraction of sp³-hybridized carbons (Fsp3) is 0.600. The molecule has 152 valence electrons. The molecule has 1 atom stereocenters. The second-order valence-corrected chi connectivity index (χ2v) is 6.64. The number of hydrogen-bond acceptors (Lipinski definition) is 4. The van der Waals surface area contributed by atoms with Crippen LogP contribution in [0.3, 0.4) is 0 Å². The van der Waals surface area contributed by atoms with Gasteiger partial charge in [0.05, 0.1) is 19.1 Å². The number of likely N-dealkylation sites (tertiary alicyclic amines) is 1. The van der Waals surface area contributed by atoms with Crippen LogP contribution in [-0.4, -0.2) is 56.2 Å². The highest BCUT2D eigenvalue weighted by Crippen LogP contribution is 2.19. The molecule has 1 aliphatic heterocycles. The first-order valence-corrected chi connectivity index (χ1v) is 9.39. The number of aryl methyl sites for hydroxylation is 1. The minimum Gasteiger partial charge on any atom is -0.489 e. The Hall–Kier alpha value is -1.51. The predicted octanol–water partition coefficient (Wildman–Crippen LogP) is 3.23. The standard InChI is InChI=1S/C20H31N3O3.HI/c1-5-25-19(24)17-10-12-23(13-11-17)20(21-4)22-14-16(3)26-18-9-7-6-8-15(18)2;/h6-9,16-17H,5,10-14H2,1-4H3,(H,21,22);1H. The summed E-state index contributed by atoms with van der Waals surface area (Å²) in [6, 6.07) is 8.02. The molecule has 1 fully saturated rings. The highest BCUT2D eigenvalue weighted by molar-refractivity contribution is 14.0. The molecule has 1 aromatic rings. The molecule has 0 radical (unpaired) electrons. The molecule has 1 saturated heterocycles. The van der Waals surface area contributed by atoms with Crippen LogP contribution in [0.4, 0.5) is 0 Å². The maximum Gasteiger partial charge on any atom is 0.309 e. The molecule has 27 heavy (non-hydrogen) atoms. The van der Waals surface area contributed by atoms with Crippen molar-refractivity contribution in [1.82, 2.24) is 10.2 Å². The highest BCUT2D eigenvalue weighted by atomic mass is 127. The van der Waals surface area contributed by atoms with Crippen molar-refractivity contribution in [2.75, 3.05) is 33.3 Å². The predicted molar refractivity (Wildman–Crippen MR) is 119 cm³/mol. The van der Waals surface area contributed by atoms with E-state index in [4.69, 9.17) is 9.47 Å². The van der Waals surface area contributed by atoms with Gasteiger partial charge in [-0.15, -0.1) is 24.0 Å². The number of nitrogens with zero attached hydrogens (tertiary/aromatic N) is 2. The first-order valence-electron chi connectivity index (χ1n) is 9.39. The zero-order chi connectivity index (χ0) is 18.9. The second-order valence-electron chi connectivity index (χ2n) is 6.64. The molecule has 1 aromatic carbocycles. The van der Waals surface area contributed by atoms with E-state index in [2.05, 4.69) is 15.2 Å². The Morgan fingerprint density at radius 3 is 2.59 bits per heavy atom. The third-order valence-electron chi connectivity index (χ3n) is 4.60. The van der Waals surface area contributed by atoms with Crippen molar-refractivity contribution in [1.29, 1.82) is 0 Å². The topological polar surface area (TPSA) is 63.2 Å². The summed E-state index contributed by atoms with van der Waals surface area (Å²) < 4.78 is 11.1. The summed E-state index contributed by atoms with van der Waals surface area (Å²) in [5.74, 6) is 1.70. The van der Waals surface area contributed by atoms with Crippen molar-refractivity contribution in [2.24, 2.45) is 10.9 Å². The third kappa shape index (κ3) is 7.20. The molecule has 0 bridgehead atoms. The van der Waals surface area contributed by atoms with Gasteiger partial charge in [-0.1, -0.05) is 18.2 Å². The van der Waals surface area contributed by atoms with E-state index in [-0.39, 0.29) is 42.0 Å². The molecule has 6 nitrogen and oxygen atoms in total. The number of piperidine rings is 1. The van der Waals surface area contributed by atoms with Gasteiger partial charge < -0.3 is 19.7 Å². The molecule has 0 spiro atoms. The minimum absolute atomic E-state index is 0. The molecule has 1 N–H and O–H groups in total. The molecule has 0 aliphatic carbocycles. The average molecular weight is 489 g/mol. The van der Waals surface area contributed by atoms with E-state index in [0.717, 1.165) is 43.2 Å². The Morgan fingerprint density at radius 2 is 2.00 bits per heavy atom. The van der Waals surface area contributed by atoms with Gasteiger partial charge in [0.15, 0.2) is 5.96 Å². The van der Waals surface area contributed by atoms with Gasteiger partial charge in [0.25, 0.3) is 0 Å². The van der Waals surface area contributed by atoms with Crippen LogP contribution in [0.25, 0.3) is 0 Å². The normalized spacial score (nSPS) is 16.3. The Morgan fingerprint density at radius 1 is 1.33 bits per heavy atom.